The van der Waals surface area contributed by atoms with Gasteiger partial charge in [-0.2, -0.15) is 0 Å². The molecule has 0 saturated heterocycles. The molecule has 31 heavy (non-hydrogen) atoms. The van der Waals surface area contributed by atoms with Gasteiger partial charge in [0, 0.05) is 0 Å². The number of hydrogen-bond donors (Lipinski definition) is 0. The van der Waals surface area contributed by atoms with Crippen molar-refractivity contribution in [3.63, 3.8) is 0 Å². The van der Waals surface area contributed by atoms with E-state index in [1.165, 1.54) is 89.9 Å². The summed E-state index contributed by atoms with van der Waals surface area (Å²) in [4.78, 5) is 0. The molecule has 0 aliphatic heterocycles. The topological polar surface area (TPSA) is 9.23 Å². The van der Waals surface area contributed by atoms with E-state index < -0.39 is 18.4 Å². The number of rotatable bonds is 8. The maximum Gasteiger partial charge on any atom is 0.129 e. The Morgan fingerprint density at radius 2 is 1.39 bits per heavy atom. The van der Waals surface area contributed by atoms with Crippen LogP contribution in [0.3, 0.4) is 0 Å². The fourth-order valence-corrected chi connectivity index (χ4v) is 8.27. The summed E-state index contributed by atoms with van der Waals surface area (Å²) in [6, 6.07) is 0. The quantitative estimate of drug-likeness (QED) is 0.345. The number of alkyl halides is 2. The molecule has 3 heteroatoms. The van der Waals surface area contributed by atoms with Gasteiger partial charge in [-0.15, -0.1) is 0 Å². The van der Waals surface area contributed by atoms with Crippen molar-refractivity contribution < 1.29 is 13.5 Å². The molecule has 5 aliphatic rings. The minimum Gasteiger partial charge on any atom is -0.369 e. The first kappa shape index (κ1) is 24.0. The zero-order valence-electron chi connectivity index (χ0n) is 20.5. The van der Waals surface area contributed by atoms with Crippen molar-refractivity contribution in [2.75, 3.05) is 0 Å². The van der Waals surface area contributed by atoms with Crippen molar-refractivity contribution in [1.29, 1.82) is 0 Å². The van der Waals surface area contributed by atoms with E-state index in [1.54, 1.807) is 0 Å². The van der Waals surface area contributed by atoms with Gasteiger partial charge in [0.25, 0.3) is 0 Å². The molecule has 180 valence electrons. The van der Waals surface area contributed by atoms with Crippen molar-refractivity contribution in [1.82, 2.24) is 0 Å². The largest absolute Gasteiger partial charge is 0.369 e. The molecule has 0 aromatic carbocycles. The highest BCUT2D eigenvalue weighted by atomic mass is 19.1. The van der Waals surface area contributed by atoms with Gasteiger partial charge in [0.2, 0.25) is 0 Å². The summed E-state index contributed by atoms with van der Waals surface area (Å²) in [5.74, 6) is 1.63. The second kappa shape index (κ2) is 9.98. The lowest BCUT2D eigenvalue weighted by molar-refractivity contribution is -0.114. The summed E-state index contributed by atoms with van der Waals surface area (Å²) in [5.41, 5.74) is 1.31. The van der Waals surface area contributed by atoms with Crippen LogP contribution in [0.15, 0.2) is 0 Å². The monoisotopic (exact) mass is 438 g/mol. The van der Waals surface area contributed by atoms with Crippen LogP contribution in [0.2, 0.25) is 0 Å². The third-order valence-corrected chi connectivity index (χ3v) is 10.3. The third kappa shape index (κ3) is 5.17. The molecule has 5 rings (SSSR count). The van der Waals surface area contributed by atoms with Crippen LogP contribution in [-0.4, -0.2) is 24.6 Å². The molecule has 1 nitrogen and oxygen atoms in total. The predicted octanol–water partition coefficient (Wildman–Crippen LogP) is 8.59. The Kier molecular flexibility index (Phi) is 7.71. The lowest BCUT2D eigenvalue weighted by Gasteiger charge is -2.58. The van der Waals surface area contributed by atoms with Gasteiger partial charge in [-0.1, -0.05) is 26.2 Å². The van der Waals surface area contributed by atoms with E-state index in [1.807, 2.05) is 13.8 Å². The molecule has 0 amide bonds. The number of ether oxygens (including phenoxy) is 1. The average Bonchev–Trinajstić information content (AvgIpc) is 2.77. The highest BCUT2D eigenvalue weighted by Gasteiger charge is 2.52. The minimum atomic E-state index is -1.13. The standard InChI is InChI=1S/C28H48F2O/c1-4-5-6-11-27-12-15-28(16-13-27,17-14-27)23-9-7-21(8-10-23)22-18-24(29)26(25(30)19-22)31-20(2)3/h20-26H,4-19H2,1-3H3. The van der Waals surface area contributed by atoms with E-state index >= 15 is 0 Å². The number of halogens is 2. The van der Waals surface area contributed by atoms with Gasteiger partial charge in [-0.3, -0.25) is 0 Å². The van der Waals surface area contributed by atoms with Crippen LogP contribution in [0.1, 0.15) is 124 Å². The SMILES string of the molecule is CCCCCC12CCC(C3CCC(C4CC(F)C(OC(C)C)C(F)C4)CC3)(CC1)CC2. The van der Waals surface area contributed by atoms with Crippen LogP contribution in [0.4, 0.5) is 8.78 Å². The van der Waals surface area contributed by atoms with Gasteiger partial charge < -0.3 is 4.74 Å². The fraction of sp³-hybridized carbons (Fsp3) is 1.00. The zero-order chi connectivity index (χ0) is 22.1. The van der Waals surface area contributed by atoms with E-state index in [0.29, 0.717) is 29.6 Å². The maximum atomic E-state index is 14.7. The average molecular weight is 439 g/mol. The first-order chi connectivity index (χ1) is 14.9. The second-order valence-electron chi connectivity index (χ2n) is 12.3. The van der Waals surface area contributed by atoms with Crippen LogP contribution in [0, 0.1) is 28.6 Å². The molecule has 0 N–H and O–H groups in total. The van der Waals surface area contributed by atoms with E-state index in [0.717, 1.165) is 5.92 Å². The first-order valence-corrected chi connectivity index (χ1v) is 13.8. The first-order valence-electron chi connectivity index (χ1n) is 13.8. The summed E-state index contributed by atoms with van der Waals surface area (Å²) < 4.78 is 35.0. The lowest BCUT2D eigenvalue weighted by Crippen LogP contribution is -2.47. The van der Waals surface area contributed by atoms with Crippen LogP contribution in [-0.2, 0) is 4.74 Å². The molecule has 5 aliphatic carbocycles. The Labute approximate surface area is 190 Å². The van der Waals surface area contributed by atoms with Crippen molar-refractivity contribution in [3.05, 3.63) is 0 Å². The number of fused-ring (bicyclic) bond motifs is 3. The lowest BCUT2D eigenvalue weighted by atomic mass is 9.47. The molecule has 2 bridgehead atoms. The van der Waals surface area contributed by atoms with Gasteiger partial charge in [0.05, 0.1) is 6.10 Å². The second-order valence-corrected chi connectivity index (χ2v) is 12.3. The molecule has 0 aromatic rings. The Balaban J connectivity index is 1.26. The smallest absolute Gasteiger partial charge is 0.129 e. The third-order valence-electron chi connectivity index (χ3n) is 10.3. The minimum absolute atomic E-state index is 0.107. The zero-order valence-corrected chi connectivity index (χ0v) is 20.5. The Morgan fingerprint density at radius 3 is 1.90 bits per heavy atom. The van der Waals surface area contributed by atoms with Crippen molar-refractivity contribution in [3.8, 4) is 0 Å². The van der Waals surface area contributed by atoms with Crippen LogP contribution in [0.25, 0.3) is 0 Å². The summed E-state index contributed by atoms with van der Waals surface area (Å²) in [6.45, 7) is 6.06. The van der Waals surface area contributed by atoms with Gasteiger partial charge in [-0.05, 0) is 126 Å². The van der Waals surface area contributed by atoms with E-state index in [2.05, 4.69) is 6.92 Å². The van der Waals surface area contributed by atoms with E-state index in [9.17, 15) is 8.78 Å². The number of unbranched alkanes of at least 4 members (excludes halogenated alkanes) is 2. The van der Waals surface area contributed by atoms with Crippen molar-refractivity contribution in [2.24, 2.45) is 28.6 Å². The van der Waals surface area contributed by atoms with Gasteiger partial charge in [-0.25, -0.2) is 8.78 Å². The van der Waals surface area contributed by atoms with Crippen LogP contribution >= 0.6 is 0 Å². The summed E-state index contributed by atoms with van der Waals surface area (Å²) in [6.07, 6.45) is 17.3. The number of hydrogen-bond acceptors (Lipinski definition) is 1. The fourth-order valence-electron chi connectivity index (χ4n) is 8.27. The summed E-state index contributed by atoms with van der Waals surface area (Å²) in [5, 5.41) is 0. The highest BCUT2D eigenvalue weighted by molar-refractivity contribution is 5.03. The molecule has 0 radical (unpaired) electrons. The molecule has 0 aromatic heterocycles. The van der Waals surface area contributed by atoms with Crippen LogP contribution < -0.4 is 0 Å². The van der Waals surface area contributed by atoms with Gasteiger partial charge in [0.1, 0.15) is 18.4 Å². The molecule has 2 atom stereocenters. The summed E-state index contributed by atoms with van der Waals surface area (Å²) in [7, 11) is 0. The highest BCUT2D eigenvalue weighted by Crippen LogP contribution is 2.63. The van der Waals surface area contributed by atoms with Crippen molar-refractivity contribution in [2.45, 2.75) is 148 Å². The Bertz CT molecular complexity index is 531. The maximum absolute atomic E-state index is 14.7. The Hall–Kier alpha value is -0.180. The molecule has 5 fully saturated rings. The summed E-state index contributed by atoms with van der Waals surface area (Å²) >= 11 is 0. The van der Waals surface area contributed by atoms with Crippen molar-refractivity contribution >= 4 is 0 Å². The van der Waals surface area contributed by atoms with E-state index in [-0.39, 0.29) is 12.0 Å². The molecule has 0 heterocycles. The van der Waals surface area contributed by atoms with E-state index in [4.69, 9.17) is 4.74 Å². The van der Waals surface area contributed by atoms with Gasteiger partial charge >= 0.3 is 0 Å². The normalized spacial score (nSPS) is 45.9. The molecular formula is C28H48F2O. The molecule has 5 saturated carbocycles. The predicted molar refractivity (Wildman–Crippen MR) is 125 cm³/mol. The molecule has 0 spiro atoms. The Morgan fingerprint density at radius 1 is 0.806 bits per heavy atom. The molecular weight excluding hydrogens is 390 g/mol. The van der Waals surface area contributed by atoms with Crippen LogP contribution in [0.5, 0.6) is 0 Å². The molecule has 2 unspecified atom stereocenters. The van der Waals surface area contributed by atoms with Gasteiger partial charge in [0.15, 0.2) is 0 Å².